The minimum absolute atomic E-state index is 0.0755. The highest BCUT2D eigenvalue weighted by atomic mass is 16.2. The quantitative estimate of drug-likeness (QED) is 0.765. The molecular formula is C13H22N2O. The lowest BCUT2D eigenvalue weighted by atomic mass is 10.0. The summed E-state index contributed by atoms with van der Waals surface area (Å²) in [5.41, 5.74) is 1.32. The third kappa shape index (κ3) is 3.00. The number of rotatable bonds is 2. The molecule has 1 saturated carbocycles. The Morgan fingerprint density at radius 1 is 1.38 bits per heavy atom. The molecule has 0 spiro atoms. The highest BCUT2D eigenvalue weighted by Gasteiger charge is 2.24. The minimum atomic E-state index is 0.0755. The summed E-state index contributed by atoms with van der Waals surface area (Å²) in [6, 6.07) is 0.0755. The average molecular weight is 222 g/mol. The first-order valence-electron chi connectivity index (χ1n) is 6.39. The normalized spacial score (nSPS) is 26.8. The van der Waals surface area contributed by atoms with Gasteiger partial charge in [0.15, 0.2) is 0 Å². The van der Waals surface area contributed by atoms with E-state index in [1.807, 2.05) is 11.1 Å². The molecule has 1 N–H and O–H groups in total. The van der Waals surface area contributed by atoms with Gasteiger partial charge in [0.2, 0.25) is 0 Å². The van der Waals surface area contributed by atoms with Crippen molar-refractivity contribution in [2.75, 3.05) is 13.1 Å². The van der Waals surface area contributed by atoms with Gasteiger partial charge < -0.3 is 10.2 Å². The van der Waals surface area contributed by atoms with Gasteiger partial charge in [-0.3, -0.25) is 0 Å². The van der Waals surface area contributed by atoms with E-state index in [1.54, 1.807) is 0 Å². The molecule has 0 aromatic carbocycles. The van der Waals surface area contributed by atoms with Crippen LogP contribution in [-0.4, -0.2) is 24.0 Å². The second-order valence-corrected chi connectivity index (χ2v) is 5.31. The van der Waals surface area contributed by atoms with Crippen LogP contribution < -0.4 is 5.32 Å². The summed E-state index contributed by atoms with van der Waals surface area (Å²) in [6.07, 6.45) is 6.87. The van der Waals surface area contributed by atoms with Crippen LogP contribution in [0, 0.1) is 11.8 Å². The van der Waals surface area contributed by atoms with Gasteiger partial charge in [-0.05, 0) is 44.4 Å². The number of nitrogens with one attached hydrogen (secondary N) is 1. The predicted molar refractivity (Wildman–Crippen MR) is 65.0 cm³/mol. The van der Waals surface area contributed by atoms with Crippen LogP contribution in [0.4, 0.5) is 4.79 Å². The fourth-order valence-electron chi connectivity index (χ4n) is 2.30. The van der Waals surface area contributed by atoms with Gasteiger partial charge in [-0.15, -0.1) is 0 Å². The molecule has 0 radical (unpaired) electrons. The Balaban J connectivity index is 1.80. The van der Waals surface area contributed by atoms with E-state index in [-0.39, 0.29) is 6.03 Å². The smallest absolute Gasteiger partial charge is 0.321 e. The van der Waals surface area contributed by atoms with E-state index >= 15 is 0 Å². The molecule has 2 amide bonds. The Morgan fingerprint density at radius 3 is 2.75 bits per heavy atom. The molecule has 16 heavy (non-hydrogen) atoms. The maximum atomic E-state index is 11.9. The number of hydrogen-bond donors (Lipinski definition) is 1. The zero-order chi connectivity index (χ0) is 11.5. The van der Waals surface area contributed by atoms with Gasteiger partial charge in [0, 0.05) is 19.3 Å². The average Bonchev–Trinajstić information content (AvgIpc) is 3.09. The lowest BCUT2D eigenvalue weighted by molar-refractivity contribution is 0.173. The molecular weight excluding hydrogens is 200 g/mol. The number of nitrogens with zero attached hydrogens (tertiary/aromatic N) is 1. The van der Waals surface area contributed by atoms with Crippen molar-refractivity contribution >= 4 is 6.03 Å². The van der Waals surface area contributed by atoms with Gasteiger partial charge in [0.1, 0.15) is 0 Å². The Hall–Kier alpha value is -0.990. The summed E-state index contributed by atoms with van der Waals surface area (Å²) >= 11 is 0. The minimum Gasteiger partial charge on any atom is -0.324 e. The van der Waals surface area contributed by atoms with Crippen LogP contribution in [0.1, 0.15) is 39.5 Å². The first kappa shape index (κ1) is 11.5. The molecule has 1 atom stereocenters. The number of carbonyl (C=O) groups excluding carboxylic acids is 1. The largest absolute Gasteiger partial charge is 0.324 e. The van der Waals surface area contributed by atoms with Crippen molar-refractivity contribution in [3.05, 3.63) is 11.8 Å². The predicted octanol–water partition coefficient (Wildman–Crippen LogP) is 2.74. The van der Waals surface area contributed by atoms with E-state index in [4.69, 9.17) is 0 Å². The SMILES string of the molecule is C/C(=C\NC(=O)N1CCCC(C)C1)C1CC1. The number of hydrogen-bond acceptors (Lipinski definition) is 1. The number of amides is 2. The van der Waals surface area contributed by atoms with Crippen LogP contribution in [0.5, 0.6) is 0 Å². The van der Waals surface area contributed by atoms with E-state index in [0.29, 0.717) is 5.92 Å². The molecule has 1 heterocycles. The van der Waals surface area contributed by atoms with Crippen molar-refractivity contribution in [2.24, 2.45) is 11.8 Å². The fourth-order valence-corrected chi connectivity index (χ4v) is 2.30. The van der Waals surface area contributed by atoms with Crippen LogP contribution in [-0.2, 0) is 0 Å². The van der Waals surface area contributed by atoms with E-state index in [0.717, 1.165) is 25.4 Å². The summed E-state index contributed by atoms with van der Waals surface area (Å²) in [5, 5.41) is 2.92. The van der Waals surface area contributed by atoms with Crippen molar-refractivity contribution in [2.45, 2.75) is 39.5 Å². The fraction of sp³-hybridized carbons (Fsp3) is 0.769. The molecule has 2 fully saturated rings. The summed E-state index contributed by atoms with van der Waals surface area (Å²) in [6.45, 7) is 6.14. The van der Waals surface area contributed by atoms with Gasteiger partial charge in [-0.1, -0.05) is 12.5 Å². The molecule has 3 heteroatoms. The van der Waals surface area contributed by atoms with E-state index < -0.39 is 0 Å². The molecule has 2 aliphatic rings. The second-order valence-electron chi connectivity index (χ2n) is 5.31. The van der Waals surface area contributed by atoms with E-state index in [9.17, 15) is 4.79 Å². The van der Waals surface area contributed by atoms with Crippen LogP contribution in [0.25, 0.3) is 0 Å². The Labute approximate surface area is 97.9 Å². The first-order chi connectivity index (χ1) is 7.66. The second kappa shape index (κ2) is 4.89. The summed E-state index contributed by atoms with van der Waals surface area (Å²) in [4.78, 5) is 13.8. The Bertz CT molecular complexity index is 294. The number of likely N-dealkylation sites (tertiary alicyclic amines) is 1. The number of carbonyl (C=O) groups is 1. The molecule has 0 aromatic heterocycles. The molecule has 2 rings (SSSR count). The van der Waals surface area contributed by atoms with Gasteiger partial charge in [-0.2, -0.15) is 0 Å². The number of allylic oxidation sites excluding steroid dienone is 1. The van der Waals surface area contributed by atoms with Gasteiger partial charge >= 0.3 is 6.03 Å². The molecule has 3 nitrogen and oxygen atoms in total. The third-order valence-electron chi connectivity index (χ3n) is 3.59. The maximum Gasteiger partial charge on any atom is 0.321 e. The molecule has 0 aromatic rings. The van der Waals surface area contributed by atoms with Crippen LogP contribution in [0.15, 0.2) is 11.8 Å². The van der Waals surface area contributed by atoms with Crippen LogP contribution in [0.3, 0.4) is 0 Å². The first-order valence-corrected chi connectivity index (χ1v) is 6.39. The molecule has 0 bridgehead atoms. The van der Waals surface area contributed by atoms with Crippen LogP contribution >= 0.6 is 0 Å². The molecule has 1 unspecified atom stereocenters. The molecule has 1 aliphatic heterocycles. The molecule has 1 aliphatic carbocycles. The topological polar surface area (TPSA) is 32.3 Å². The number of urea groups is 1. The highest BCUT2D eigenvalue weighted by molar-refractivity contribution is 5.75. The summed E-state index contributed by atoms with van der Waals surface area (Å²) in [5.74, 6) is 1.38. The van der Waals surface area contributed by atoms with E-state index in [1.165, 1.54) is 24.8 Å². The van der Waals surface area contributed by atoms with Gasteiger partial charge in [0.05, 0.1) is 0 Å². The van der Waals surface area contributed by atoms with E-state index in [2.05, 4.69) is 19.2 Å². The monoisotopic (exact) mass is 222 g/mol. The lowest BCUT2D eigenvalue weighted by Gasteiger charge is -2.30. The van der Waals surface area contributed by atoms with Crippen LogP contribution in [0.2, 0.25) is 0 Å². The van der Waals surface area contributed by atoms with Crippen molar-refractivity contribution in [1.29, 1.82) is 0 Å². The zero-order valence-electron chi connectivity index (χ0n) is 10.3. The van der Waals surface area contributed by atoms with Crippen molar-refractivity contribution in [1.82, 2.24) is 10.2 Å². The molecule has 1 saturated heterocycles. The Morgan fingerprint density at radius 2 is 2.12 bits per heavy atom. The maximum absolute atomic E-state index is 11.9. The van der Waals surface area contributed by atoms with Gasteiger partial charge in [-0.25, -0.2) is 4.79 Å². The summed E-state index contributed by atoms with van der Waals surface area (Å²) in [7, 11) is 0. The van der Waals surface area contributed by atoms with Gasteiger partial charge in [0.25, 0.3) is 0 Å². The summed E-state index contributed by atoms with van der Waals surface area (Å²) < 4.78 is 0. The number of piperidine rings is 1. The van der Waals surface area contributed by atoms with Crippen molar-refractivity contribution in [3.63, 3.8) is 0 Å². The highest BCUT2D eigenvalue weighted by Crippen LogP contribution is 2.35. The standard InChI is InChI=1S/C13H22N2O/c1-10-4-3-7-15(9-10)13(16)14-8-11(2)12-5-6-12/h8,10,12H,3-7,9H2,1-2H3,(H,14,16)/b11-8+. The lowest BCUT2D eigenvalue weighted by Crippen LogP contribution is -2.43. The van der Waals surface area contributed by atoms with Crippen molar-refractivity contribution in [3.8, 4) is 0 Å². The molecule has 90 valence electrons. The third-order valence-corrected chi connectivity index (χ3v) is 3.59. The van der Waals surface area contributed by atoms with Crippen molar-refractivity contribution < 1.29 is 4.79 Å². The zero-order valence-corrected chi connectivity index (χ0v) is 10.3. The Kier molecular flexibility index (Phi) is 3.52.